The lowest BCUT2D eigenvalue weighted by molar-refractivity contribution is -0.139. The van der Waals surface area contributed by atoms with Gasteiger partial charge in [-0.05, 0) is 45.5 Å². The van der Waals surface area contributed by atoms with Crippen molar-refractivity contribution in [1.82, 2.24) is 5.32 Å². The predicted molar refractivity (Wildman–Crippen MR) is 141 cm³/mol. The molecule has 0 aliphatic heterocycles. The quantitative estimate of drug-likeness (QED) is 0.308. The zero-order valence-corrected chi connectivity index (χ0v) is 20.2. The van der Waals surface area contributed by atoms with E-state index >= 15 is 0 Å². The van der Waals surface area contributed by atoms with E-state index in [-0.39, 0.29) is 18.9 Å². The minimum absolute atomic E-state index is 0.0973. The number of hydrogen-bond donors (Lipinski definition) is 2. The number of nitrogens with one attached hydrogen (secondary N) is 1. The number of amides is 1. The van der Waals surface area contributed by atoms with Gasteiger partial charge in [-0.3, -0.25) is 0 Å². The van der Waals surface area contributed by atoms with E-state index < -0.39 is 18.1 Å². The molecule has 1 amide bonds. The average molecular weight is 494 g/mol. The summed E-state index contributed by atoms with van der Waals surface area (Å²) < 4.78 is 11.4. The number of hydrogen-bond acceptors (Lipinski definition) is 4. The number of aliphatic carboxylic acids is 1. The Balaban J connectivity index is 1.20. The van der Waals surface area contributed by atoms with Crippen molar-refractivity contribution in [1.29, 1.82) is 0 Å². The van der Waals surface area contributed by atoms with Crippen molar-refractivity contribution in [3.05, 3.63) is 125 Å². The first-order valence-corrected chi connectivity index (χ1v) is 12.2. The standard InChI is InChI=1S/C31H27NO5/c33-30(34)29(18-22-11-8-12-23(17-22)36-19-21-9-2-1-3-10-21)32-31(35)37-20-28-26-15-6-4-13-24(26)25-14-5-7-16-27(25)28/h1-17,28-29H,18-20H2,(H,32,35)(H,33,34)/t29-/m0/s1. The molecular weight excluding hydrogens is 466 g/mol. The van der Waals surface area contributed by atoms with E-state index in [0.29, 0.717) is 12.4 Å². The lowest BCUT2D eigenvalue weighted by Crippen LogP contribution is -2.42. The van der Waals surface area contributed by atoms with Gasteiger partial charge in [-0.25, -0.2) is 9.59 Å². The van der Waals surface area contributed by atoms with Gasteiger partial charge in [-0.15, -0.1) is 0 Å². The van der Waals surface area contributed by atoms with Gasteiger partial charge in [0.05, 0.1) is 0 Å². The molecule has 0 radical (unpaired) electrons. The Hall–Kier alpha value is -4.58. The van der Waals surface area contributed by atoms with Crippen LogP contribution in [-0.4, -0.2) is 29.8 Å². The Morgan fingerprint density at radius 3 is 2.08 bits per heavy atom. The van der Waals surface area contributed by atoms with Crippen LogP contribution in [0.2, 0.25) is 0 Å². The highest BCUT2D eigenvalue weighted by molar-refractivity contribution is 5.81. The van der Waals surface area contributed by atoms with Crippen LogP contribution >= 0.6 is 0 Å². The van der Waals surface area contributed by atoms with Gasteiger partial charge in [0, 0.05) is 12.3 Å². The Bertz CT molecular complexity index is 1360. The number of carboxylic acids is 1. The molecule has 0 unspecified atom stereocenters. The second-order valence-corrected chi connectivity index (χ2v) is 8.99. The van der Waals surface area contributed by atoms with Gasteiger partial charge in [-0.2, -0.15) is 0 Å². The first-order chi connectivity index (χ1) is 18.1. The number of rotatable bonds is 9. The highest BCUT2D eigenvalue weighted by atomic mass is 16.5. The van der Waals surface area contributed by atoms with E-state index in [1.54, 1.807) is 6.07 Å². The fourth-order valence-electron chi connectivity index (χ4n) is 4.72. The molecule has 0 spiro atoms. The first kappa shape index (κ1) is 24.1. The molecule has 4 aromatic carbocycles. The molecule has 37 heavy (non-hydrogen) atoms. The van der Waals surface area contributed by atoms with Crippen molar-refractivity contribution in [3.63, 3.8) is 0 Å². The van der Waals surface area contributed by atoms with E-state index in [0.717, 1.165) is 33.4 Å². The van der Waals surface area contributed by atoms with Crippen molar-refractivity contribution < 1.29 is 24.2 Å². The summed E-state index contributed by atoms with van der Waals surface area (Å²) >= 11 is 0. The SMILES string of the molecule is O=C(N[C@@H](Cc1cccc(OCc2ccccc2)c1)C(=O)O)OCC1c2ccccc2-c2ccccc21. The molecule has 6 nitrogen and oxygen atoms in total. The summed E-state index contributed by atoms with van der Waals surface area (Å²) in [7, 11) is 0. The molecule has 1 atom stereocenters. The summed E-state index contributed by atoms with van der Waals surface area (Å²) in [6.07, 6.45) is -0.659. The first-order valence-electron chi connectivity index (χ1n) is 12.2. The van der Waals surface area contributed by atoms with E-state index in [1.807, 2.05) is 84.9 Å². The molecule has 0 saturated carbocycles. The maximum absolute atomic E-state index is 12.6. The number of alkyl carbamates (subject to hydrolysis) is 1. The zero-order chi connectivity index (χ0) is 25.6. The smallest absolute Gasteiger partial charge is 0.407 e. The summed E-state index contributed by atoms with van der Waals surface area (Å²) in [5, 5.41) is 12.3. The number of carboxylic acid groups (broad SMARTS) is 1. The van der Waals surface area contributed by atoms with E-state index in [2.05, 4.69) is 17.4 Å². The summed E-state index contributed by atoms with van der Waals surface area (Å²) in [5.41, 5.74) is 6.22. The molecule has 1 aliphatic carbocycles. The highest BCUT2D eigenvalue weighted by Gasteiger charge is 2.29. The number of fused-ring (bicyclic) bond motifs is 3. The van der Waals surface area contributed by atoms with E-state index in [1.165, 1.54) is 0 Å². The van der Waals surface area contributed by atoms with Crippen molar-refractivity contribution in [3.8, 4) is 16.9 Å². The number of carbonyl (C=O) groups is 2. The Morgan fingerprint density at radius 1 is 0.784 bits per heavy atom. The monoisotopic (exact) mass is 493 g/mol. The normalized spacial score (nSPS) is 12.8. The molecule has 1 aliphatic rings. The lowest BCUT2D eigenvalue weighted by atomic mass is 9.98. The van der Waals surface area contributed by atoms with Crippen molar-refractivity contribution in [2.75, 3.05) is 6.61 Å². The van der Waals surface area contributed by atoms with Crippen LogP contribution in [-0.2, 0) is 22.6 Å². The zero-order valence-electron chi connectivity index (χ0n) is 20.2. The molecular formula is C31H27NO5. The van der Waals surface area contributed by atoms with E-state index in [9.17, 15) is 14.7 Å². The second kappa shape index (κ2) is 11.0. The van der Waals surface area contributed by atoms with Gasteiger partial charge in [0.1, 0.15) is 25.0 Å². The van der Waals surface area contributed by atoms with Gasteiger partial charge in [0.25, 0.3) is 0 Å². The van der Waals surface area contributed by atoms with Crippen molar-refractivity contribution >= 4 is 12.1 Å². The van der Waals surface area contributed by atoms with Crippen LogP contribution in [0.4, 0.5) is 4.79 Å². The number of carbonyl (C=O) groups excluding carboxylic acids is 1. The minimum Gasteiger partial charge on any atom is -0.489 e. The second-order valence-electron chi connectivity index (χ2n) is 8.99. The van der Waals surface area contributed by atoms with Crippen LogP contribution in [0.25, 0.3) is 11.1 Å². The lowest BCUT2D eigenvalue weighted by Gasteiger charge is -2.18. The van der Waals surface area contributed by atoms with Crippen LogP contribution in [0.15, 0.2) is 103 Å². The van der Waals surface area contributed by atoms with Crippen LogP contribution in [0, 0.1) is 0 Å². The van der Waals surface area contributed by atoms with Gasteiger partial charge >= 0.3 is 12.1 Å². The molecule has 0 fully saturated rings. The molecule has 0 aromatic heterocycles. The van der Waals surface area contributed by atoms with E-state index in [4.69, 9.17) is 9.47 Å². The topological polar surface area (TPSA) is 84.9 Å². The van der Waals surface area contributed by atoms with Crippen LogP contribution in [0.1, 0.15) is 28.2 Å². The highest BCUT2D eigenvalue weighted by Crippen LogP contribution is 2.44. The summed E-state index contributed by atoms with van der Waals surface area (Å²) in [6, 6.07) is 32.0. The third-order valence-electron chi connectivity index (χ3n) is 6.52. The van der Waals surface area contributed by atoms with Crippen molar-refractivity contribution in [2.45, 2.75) is 25.0 Å². The molecule has 0 heterocycles. The summed E-state index contributed by atoms with van der Waals surface area (Å²) in [4.78, 5) is 24.6. The maximum Gasteiger partial charge on any atom is 0.407 e. The largest absolute Gasteiger partial charge is 0.489 e. The summed E-state index contributed by atoms with van der Waals surface area (Å²) in [5.74, 6) is -0.601. The number of benzene rings is 4. The third-order valence-corrected chi connectivity index (χ3v) is 6.52. The van der Waals surface area contributed by atoms with Crippen LogP contribution in [0.5, 0.6) is 5.75 Å². The number of ether oxygens (including phenoxy) is 2. The van der Waals surface area contributed by atoms with Gasteiger partial charge in [-0.1, -0.05) is 91.0 Å². The molecule has 5 rings (SSSR count). The fraction of sp³-hybridized carbons (Fsp3) is 0.161. The molecule has 186 valence electrons. The maximum atomic E-state index is 12.6. The molecule has 4 aromatic rings. The minimum atomic E-state index is -1.14. The van der Waals surface area contributed by atoms with Gasteiger partial charge < -0.3 is 19.9 Å². The molecule has 2 N–H and O–H groups in total. The van der Waals surface area contributed by atoms with Crippen LogP contribution < -0.4 is 10.1 Å². The Kier molecular flexibility index (Phi) is 7.17. The van der Waals surface area contributed by atoms with Gasteiger partial charge in [0.2, 0.25) is 0 Å². The van der Waals surface area contributed by atoms with Crippen LogP contribution in [0.3, 0.4) is 0 Å². The Morgan fingerprint density at radius 2 is 1.41 bits per heavy atom. The predicted octanol–water partition coefficient (Wildman–Crippen LogP) is 5.80. The fourth-order valence-corrected chi connectivity index (χ4v) is 4.72. The molecule has 6 heteroatoms. The summed E-state index contributed by atoms with van der Waals surface area (Å²) in [6.45, 7) is 0.527. The van der Waals surface area contributed by atoms with Gasteiger partial charge in [0.15, 0.2) is 0 Å². The molecule has 0 bridgehead atoms. The molecule has 0 saturated heterocycles. The Labute approximate surface area is 215 Å². The third kappa shape index (κ3) is 5.64. The average Bonchev–Trinajstić information content (AvgIpc) is 3.25. The van der Waals surface area contributed by atoms with Crippen molar-refractivity contribution in [2.24, 2.45) is 0 Å².